The molecule has 12 heteroatoms. The number of amides is 1. The summed E-state index contributed by atoms with van der Waals surface area (Å²) in [6.45, 7) is 13.9. The van der Waals surface area contributed by atoms with Gasteiger partial charge in [-0.1, -0.05) is 59.4 Å². The molecule has 1 N–H and O–H groups in total. The van der Waals surface area contributed by atoms with Gasteiger partial charge < -0.3 is 33.7 Å². The Morgan fingerprint density at radius 1 is 1.00 bits per heavy atom. The van der Waals surface area contributed by atoms with E-state index in [1.165, 1.54) is 12.2 Å². The van der Waals surface area contributed by atoms with E-state index >= 15 is 4.39 Å². The monoisotopic (exact) mass is 597 g/mol. The van der Waals surface area contributed by atoms with Gasteiger partial charge in [0.2, 0.25) is 12.5 Å². The summed E-state index contributed by atoms with van der Waals surface area (Å²) in [5.74, 6) is -3.87. The van der Waals surface area contributed by atoms with Gasteiger partial charge in [-0.05, 0) is 43.4 Å². The molecule has 1 amide bonds. The van der Waals surface area contributed by atoms with Crippen molar-refractivity contribution in [2.45, 2.75) is 83.2 Å². The second kappa shape index (κ2) is 14.3. The Labute approximate surface area is 246 Å². The van der Waals surface area contributed by atoms with Gasteiger partial charge in [-0.15, -0.1) is 0 Å². The second-order valence-corrected chi connectivity index (χ2v) is 11.6. The zero-order chi connectivity index (χ0) is 31.1. The average molecular weight is 598 g/mol. The number of carbonyl (C=O) groups excluding carboxylic acids is 4. The van der Waals surface area contributed by atoms with Crippen LogP contribution in [-0.2, 0) is 38.0 Å². The number of esters is 2. The van der Waals surface area contributed by atoms with Crippen LogP contribution in [0.2, 0.25) is 0 Å². The highest BCUT2D eigenvalue weighted by Gasteiger charge is 2.87. The third-order valence-corrected chi connectivity index (χ3v) is 8.47. The molecular weight excluding hydrogens is 553 g/mol. The maximum absolute atomic E-state index is 16.1. The maximum Gasteiger partial charge on any atom is 0.511 e. The number of alkyl halides is 1. The van der Waals surface area contributed by atoms with Gasteiger partial charge in [0.15, 0.2) is 5.54 Å². The van der Waals surface area contributed by atoms with Crippen molar-refractivity contribution in [3.05, 3.63) is 25.3 Å². The van der Waals surface area contributed by atoms with Crippen LogP contribution in [0, 0.1) is 29.6 Å². The van der Waals surface area contributed by atoms with Crippen molar-refractivity contribution in [3.8, 4) is 0 Å². The molecule has 0 aromatic rings. The number of nitrogens with one attached hydrogen (secondary N) is 1. The molecule has 0 aromatic heterocycles. The van der Waals surface area contributed by atoms with Crippen molar-refractivity contribution in [2.24, 2.45) is 29.6 Å². The third-order valence-electron chi connectivity index (χ3n) is 8.47. The topological polar surface area (TPSA) is 136 Å². The first kappa shape index (κ1) is 33.4. The van der Waals surface area contributed by atoms with Crippen molar-refractivity contribution in [2.75, 3.05) is 26.6 Å². The summed E-state index contributed by atoms with van der Waals surface area (Å²) < 4.78 is 47.9. The van der Waals surface area contributed by atoms with E-state index in [0.717, 1.165) is 12.8 Å². The molecule has 0 radical (unpaired) electrons. The minimum atomic E-state index is -2.59. The Morgan fingerprint density at radius 3 is 2.33 bits per heavy atom. The molecule has 0 saturated heterocycles. The quantitative estimate of drug-likeness (QED) is 0.131. The molecule has 0 heterocycles. The number of hydrogen-bond donors (Lipinski definition) is 1. The summed E-state index contributed by atoms with van der Waals surface area (Å²) in [4.78, 5) is 51.7. The summed E-state index contributed by atoms with van der Waals surface area (Å²) in [6, 6.07) is 0. The van der Waals surface area contributed by atoms with Crippen LogP contribution in [0.25, 0.3) is 0 Å². The molecule has 0 aromatic carbocycles. The molecule has 3 rings (SSSR count). The lowest BCUT2D eigenvalue weighted by molar-refractivity contribution is -0.172. The highest BCUT2D eigenvalue weighted by Crippen LogP contribution is 2.68. The normalized spacial score (nSPS) is 33.1. The molecule has 3 aliphatic carbocycles. The summed E-state index contributed by atoms with van der Waals surface area (Å²) in [5.41, 5.74) is -4.77. The summed E-state index contributed by atoms with van der Waals surface area (Å²) in [6.07, 6.45) is 2.25. The molecule has 11 nitrogen and oxygen atoms in total. The van der Waals surface area contributed by atoms with E-state index in [-0.39, 0.29) is 38.3 Å². The Hall–Kier alpha value is -3.15. The molecule has 3 fully saturated rings. The van der Waals surface area contributed by atoms with Crippen molar-refractivity contribution < 1.29 is 52.0 Å². The molecule has 3 aliphatic rings. The minimum absolute atomic E-state index is 0.0828. The lowest BCUT2D eigenvalue weighted by atomic mass is 9.75. The SMILES string of the molecule is C=CCOC(=O)N[C@@]1(C(=O)OCOC(=O)O[C@H]2C[C@@H](C)CC[C@@H]2C(C)C)[C@H](OCCC)C[C@@H]2[C@H]1[C@@]2(F)C(=O)OCC=C. The molecule has 3 saturated carbocycles. The number of fused-ring (bicyclic) bond motifs is 1. The Bertz CT molecular complexity index is 1020. The van der Waals surface area contributed by atoms with E-state index in [4.69, 9.17) is 28.4 Å². The number of hydrogen-bond acceptors (Lipinski definition) is 10. The van der Waals surface area contributed by atoms with Gasteiger partial charge in [-0.25, -0.2) is 23.6 Å². The van der Waals surface area contributed by atoms with Gasteiger partial charge in [0.05, 0.1) is 6.10 Å². The van der Waals surface area contributed by atoms with Crippen LogP contribution in [0.15, 0.2) is 25.3 Å². The number of alkyl carbamates (subject to hydrolysis) is 1. The number of rotatable bonds is 14. The summed E-state index contributed by atoms with van der Waals surface area (Å²) in [7, 11) is 0. The van der Waals surface area contributed by atoms with E-state index in [1.54, 1.807) is 0 Å². The Morgan fingerprint density at radius 2 is 1.69 bits per heavy atom. The first-order valence-corrected chi connectivity index (χ1v) is 14.6. The van der Waals surface area contributed by atoms with Crippen LogP contribution >= 0.6 is 0 Å². The third kappa shape index (κ3) is 6.90. The van der Waals surface area contributed by atoms with Crippen LogP contribution in [0.5, 0.6) is 0 Å². The molecule has 42 heavy (non-hydrogen) atoms. The van der Waals surface area contributed by atoms with E-state index < -0.39 is 60.1 Å². The minimum Gasteiger partial charge on any atom is -0.459 e. The second-order valence-electron chi connectivity index (χ2n) is 11.6. The predicted molar refractivity (Wildman–Crippen MR) is 148 cm³/mol. The van der Waals surface area contributed by atoms with Gasteiger partial charge in [0.25, 0.3) is 0 Å². The molecule has 0 spiro atoms. The van der Waals surface area contributed by atoms with Gasteiger partial charge in [0.1, 0.15) is 19.3 Å². The molecule has 0 unspecified atom stereocenters. The number of carbonyl (C=O) groups is 4. The van der Waals surface area contributed by atoms with Crippen LogP contribution in [0.4, 0.5) is 14.0 Å². The van der Waals surface area contributed by atoms with Crippen molar-refractivity contribution in [1.82, 2.24) is 5.32 Å². The predicted octanol–water partition coefficient (Wildman–Crippen LogP) is 4.63. The number of halogens is 1. The van der Waals surface area contributed by atoms with Crippen LogP contribution in [0.1, 0.15) is 59.8 Å². The van der Waals surface area contributed by atoms with Gasteiger partial charge in [-0.3, -0.25) is 0 Å². The lowest BCUT2D eigenvalue weighted by Gasteiger charge is -2.37. The van der Waals surface area contributed by atoms with E-state index in [0.29, 0.717) is 24.7 Å². The lowest BCUT2D eigenvalue weighted by Crippen LogP contribution is -2.65. The largest absolute Gasteiger partial charge is 0.511 e. The summed E-state index contributed by atoms with van der Waals surface area (Å²) in [5, 5.41) is 2.42. The van der Waals surface area contributed by atoms with Gasteiger partial charge in [-0.2, -0.15) is 0 Å². The van der Waals surface area contributed by atoms with Crippen molar-refractivity contribution in [1.29, 1.82) is 0 Å². The van der Waals surface area contributed by atoms with Gasteiger partial charge in [0, 0.05) is 18.4 Å². The highest BCUT2D eigenvalue weighted by molar-refractivity contribution is 5.94. The fourth-order valence-corrected chi connectivity index (χ4v) is 6.45. The zero-order valence-corrected chi connectivity index (χ0v) is 24.9. The molecule has 8 atom stereocenters. The highest BCUT2D eigenvalue weighted by atomic mass is 19.1. The summed E-state index contributed by atoms with van der Waals surface area (Å²) >= 11 is 0. The van der Waals surface area contributed by atoms with E-state index in [9.17, 15) is 19.2 Å². The van der Waals surface area contributed by atoms with Crippen molar-refractivity contribution in [3.63, 3.8) is 0 Å². The average Bonchev–Trinajstić information content (AvgIpc) is 3.40. The first-order valence-electron chi connectivity index (χ1n) is 14.6. The smallest absolute Gasteiger partial charge is 0.459 e. The van der Waals surface area contributed by atoms with E-state index in [2.05, 4.69) is 39.2 Å². The van der Waals surface area contributed by atoms with Crippen LogP contribution in [0.3, 0.4) is 0 Å². The van der Waals surface area contributed by atoms with E-state index in [1.807, 2.05) is 6.92 Å². The maximum atomic E-state index is 16.1. The molecule has 0 aliphatic heterocycles. The Balaban J connectivity index is 1.78. The van der Waals surface area contributed by atoms with Crippen molar-refractivity contribution >= 4 is 24.2 Å². The zero-order valence-electron chi connectivity index (χ0n) is 24.9. The molecule has 0 bridgehead atoms. The molecule has 236 valence electrons. The number of ether oxygens (including phenoxy) is 6. The fourth-order valence-electron chi connectivity index (χ4n) is 6.45. The molecular formula is C30H44FNO10. The van der Waals surface area contributed by atoms with Crippen LogP contribution < -0.4 is 5.32 Å². The standard InChI is InChI=1S/C30H44FNO10/c1-7-12-37-23-16-21-24(29(21,31)25(33)38-13-8-2)30(23,32-27(35)39-14-9-3)26(34)40-17-41-28(36)42-22-15-19(6)10-11-20(22)18(4)5/h8-9,18-24H,2-3,7,10-17H2,1,4-6H3,(H,32,35)/t19-,20+,21+,22-,23+,24-,29+,30-/m0/s1. The Kier molecular flexibility index (Phi) is 11.4. The van der Waals surface area contributed by atoms with Crippen LogP contribution in [-0.4, -0.2) is 74.2 Å². The first-order chi connectivity index (χ1) is 20.0. The fraction of sp³-hybridized carbons (Fsp3) is 0.733. The van der Waals surface area contributed by atoms with Gasteiger partial charge >= 0.3 is 24.2 Å².